The second kappa shape index (κ2) is 5.97. The third-order valence-electron chi connectivity index (χ3n) is 5.02. The molecular weight excluding hydrogens is 244 g/mol. The number of hydrogen-bond acceptors (Lipinski definition) is 2. The highest BCUT2D eigenvalue weighted by atomic mass is 15.0. The first-order valence-electron chi connectivity index (χ1n) is 8.05. The Hall–Kier alpha value is -1.33. The molecule has 2 aliphatic rings. The Balaban J connectivity index is 1.71. The Morgan fingerprint density at radius 1 is 1.15 bits per heavy atom. The molecule has 0 radical (unpaired) electrons. The van der Waals surface area contributed by atoms with Crippen LogP contribution in [0.4, 0.5) is 0 Å². The van der Waals surface area contributed by atoms with Gasteiger partial charge in [-0.2, -0.15) is 5.26 Å². The molecule has 0 heterocycles. The van der Waals surface area contributed by atoms with Crippen LogP contribution in [0.15, 0.2) is 18.2 Å². The lowest BCUT2D eigenvalue weighted by atomic mass is 9.89. The molecule has 1 fully saturated rings. The van der Waals surface area contributed by atoms with Gasteiger partial charge in [0.15, 0.2) is 0 Å². The van der Waals surface area contributed by atoms with E-state index in [1.54, 1.807) is 11.1 Å². The second-order valence-corrected chi connectivity index (χ2v) is 6.40. The molecule has 0 spiro atoms. The van der Waals surface area contributed by atoms with Crippen LogP contribution in [0.1, 0.15) is 61.8 Å². The number of hydrogen-bond donors (Lipinski definition) is 1. The van der Waals surface area contributed by atoms with Crippen molar-refractivity contribution >= 4 is 0 Å². The molecule has 1 aromatic carbocycles. The van der Waals surface area contributed by atoms with Crippen molar-refractivity contribution in [3.05, 3.63) is 34.9 Å². The third-order valence-corrected chi connectivity index (χ3v) is 5.02. The van der Waals surface area contributed by atoms with Gasteiger partial charge in [-0.1, -0.05) is 24.6 Å². The van der Waals surface area contributed by atoms with Crippen molar-refractivity contribution in [1.82, 2.24) is 5.32 Å². The molecule has 2 nitrogen and oxygen atoms in total. The van der Waals surface area contributed by atoms with Crippen LogP contribution in [0.3, 0.4) is 0 Å². The van der Waals surface area contributed by atoms with Crippen molar-refractivity contribution in [2.45, 2.75) is 64.0 Å². The molecule has 0 amide bonds. The van der Waals surface area contributed by atoms with Crippen LogP contribution in [-0.2, 0) is 12.8 Å². The Labute approximate surface area is 122 Å². The summed E-state index contributed by atoms with van der Waals surface area (Å²) in [5.74, 6) is 0.204. The summed E-state index contributed by atoms with van der Waals surface area (Å²) >= 11 is 0. The maximum atomic E-state index is 9.19. The standard InChI is InChI=1S/C18H24N2/c1-13(20-18-8-4-7-17(18)12-19)15-10-9-14-5-2-3-6-16(14)11-15/h9-11,13,17-18,20H,2-8H2,1H3. The quantitative estimate of drug-likeness (QED) is 0.902. The zero-order valence-corrected chi connectivity index (χ0v) is 12.4. The molecule has 0 saturated heterocycles. The first kappa shape index (κ1) is 13.6. The summed E-state index contributed by atoms with van der Waals surface area (Å²) in [6.45, 7) is 2.23. The number of rotatable bonds is 3. The summed E-state index contributed by atoms with van der Waals surface area (Å²) in [4.78, 5) is 0. The number of nitrogens with one attached hydrogen (secondary N) is 1. The molecule has 3 atom stereocenters. The lowest BCUT2D eigenvalue weighted by Gasteiger charge is -2.24. The van der Waals surface area contributed by atoms with Crippen molar-refractivity contribution in [2.75, 3.05) is 0 Å². The molecule has 1 N–H and O–H groups in total. The van der Waals surface area contributed by atoms with Crippen LogP contribution in [-0.4, -0.2) is 6.04 Å². The van der Waals surface area contributed by atoms with Crippen LogP contribution in [0.2, 0.25) is 0 Å². The number of aryl methyl sites for hydroxylation is 2. The summed E-state index contributed by atoms with van der Waals surface area (Å²) in [6.07, 6.45) is 8.55. The fourth-order valence-electron chi connectivity index (χ4n) is 3.75. The lowest BCUT2D eigenvalue weighted by Crippen LogP contribution is -2.34. The zero-order chi connectivity index (χ0) is 13.9. The van der Waals surface area contributed by atoms with Gasteiger partial charge in [0.1, 0.15) is 0 Å². The van der Waals surface area contributed by atoms with Gasteiger partial charge in [0.25, 0.3) is 0 Å². The predicted octanol–water partition coefficient (Wildman–Crippen LogP) is 3.91. The Kier molecular flexibility index (Phi) is 4.08. The lowest BCUT2D eigenvalue weighted by molar-refractivity contribution is 0.417. The highest BCUT2D eigenvalue weighted by Crippen LogP contribution is 2.29. The van der Waals surface area contributed by atoms with E-state index in [9.17, 15) is 5.26 Å². The molecule has 3 rings (SSSR count). The van der Waals surface area contributed by atoms with E-state index in [4.69, 9.17) is 0 Å². The number of nitrogens with zero attached hydrogens (tertiary/aromatic N) is 1. The van der Waals surface area contributed by atoms with Gasteiger partial charge in [0, 0.05) is 12.1 Å². The van der Waals surface area contributed by atoms with Crippen LogP contribution in [0, 0.1) is 17.2 Å². The van der Waals surface area contributed by atoms with Gasteiger partial charge in [-0.25, -0.2) is 0 Å². The second-order valence-electron chi connectivity index (χ2n) is 6.40. The van der Waals surface area contributed by atoms with Crippen molar-refractivity contribution in [3.63, 3.8) is 0 Å². The van der Waals surface area contributed by atoms with Gasteiger partial charge >= 0.3 is 0 Å². The molecule has 2 heteroatoms. The van der Waals surface area contributed by atoms with Crippen molar-refractivity contribution in [2.24, 2.45) is 5.92 Å². The number of benzene rings is 1. The zero-order valence-electron chi connectivity index (χ0n) is 12.4. The third kappa shape index (κ3) is 2.74. The molecule has 0 bridgehead atoms. The van der Waals surface area contributed by atoms with Gasteiger partial charge in [-0.05, 0) is 62.1 Å². The maximum Gasteiger partial charge on any atom is 0.0672 e. The Morgan fingerprint density at radius 2 is 1.95 bits per heavy atom. The SMILES string of the molecule is CC(NC1CCCC1C#N)c1ccc2c(c1)CCCC2. The molecule has 106 valence electrons. The fourth-order valence-corrected chi connectivity index (χ4v) is 3.75. The molecule has 0 aliphatic heterocycles. The topological polar surface area (TPSA) is 35.8 Å². The van der Waals surface area contributed by atoms with Crippen LogP contribution in [0.5, 0.6) is 0 Å². The van der Waals surface area contributed by atoms with E-state index < -0.39 is 0 Å². The van der Waals surface area contributed by atoms with Crippen molar-refractivity contribution in [1.29, 1.82) is 5.26 Å². The highest BCUT2D eigenvalue weighted by Gasteiger charge is 2.28. The molecule has 3 unspecified atom stereocenters. The van der Waals surface area contributed by atoms with E-state index in [0.29, 0.717) is 12.1 Å². The number of fused-ring (bicyclic) bond motifs is 1. The van der Waals surface area contributed by atoms with E-state index >= 15 is 0 Å². The minimum atomic E-state index is 0.204. The Bertz CT molecular complexity index is 515. The first-order chi connectivity index (χ1) is 9.78. The summed E-state index contributed by atoms with van der Waals surface area (Å²) in [5, 5.41) is 12.9. The minimum absolute atomic E-state index is 0.204. The summed E-state index contributed by atoms with van der Waals surface area (Å²) in [5.41, 5.74) is 4.47. The van der Waals surface area contributed by atoms with Gasteiger partial charge in [-0.3, -0.25) is 0 Å². The van der Waals surface area contributed by atoms with E-state index in [1.807, 2.05) is 0 Å². The monoisotopic (exact) mass is 268 g/mol. The minimum Gasteiger partial charge on any atom is -0.306 e. The smallest absolute Gasteiger partial charge is 0.0672 e. The summed E-state index contributed by atoms with van der Waals surface area (Å²) < 4.78 is 0. The molecule has 2 aliphatic carbocycles. The van der Waals surface area contributed by atoms with Crippen LogP contribution < -0.4 is 5.32 Å². The maximum absolute atomic E-state index is 9.19. The normalized spacial score (nSPS) is 26.8. The van der Waals surface area contributed by atoms with Gasteiger partial charge in [0.05, 0.1) is 12.0 Å². The molecule has 1 aromatic rings. The van der Waals surface area contributed by atoms with E-state index in [0.717, 1.165) is 12.8 Å². The molecule has 1 saturated carbocycles. The molecule has 0 aromatic heterocycles. The van der Waals surface area contributed by atoms with Crippen LogP contribution >= 0.6 is 0 Å². The average Bonchev–Trinajstić information content (AvgIpc) is 2.94. The van der Waals surface area contributed by atoms with Crippen molar-refractivity contribution in [3.8, 4) is 6.07 Å². The fraction of sp³-hybridized carbons (Fsp3) is 0.611. The summed E-state index contributed by atoms with van der Waals surface area (Å²) in [6, 6.07) is 10.2. The largest absolute Gasteiger partial charge is 0.306 e. The van der Waals surface area contributed by atoms with Gasteiger partial charge in [-0.15, -0.1) is 0 Å². The average molecular weight is 268 g/mol. The van der Waals surface area contributed by atoms with Crippen LogP contribution in [0.25, 0.3) is 0 Å². The van der Waals surface area contributed by atoms with E-state index in [2.05, 4.69) is 36.5 Å². The summed E-state index contributed by atoms with van der Waals surface area (Å²) in [7, 11) is 0. The van der Waals surface area contributed by atoms with Crippen molar-refractivity contribution < 1.29 is 0 Å². The predicted molar refractivity (Wildman–Crippen MR) is 81.4 cm³/mol. The first-order valence-corrected chi connectivity index (χ1v) is 8.05. The van der Waals surface area contributed by atoms with Gasteiger partial charge in [0.2, 0.25) is 0 Å². The Morgan fingerprint density at radius 3 is 2.75 bits per heavy atom. The van der Waals surface area contributed by atoms with E-state index in [1.165, 1.54) is 37.7 Å². The molecular formula is C18H24N2. The highest BCUT2D eigenvalue weighted by molar-refractivity contribution is 5.35. The number of nitriles is 1. The molecule has 20 heavy (non-hydrogen) atoms. The van der Waals surface area contributed by atoms with Gasteiger partial charge < -0.3 is 5.32 Å². The van der Waals surface area contributed by atoms with E-state index in [-0.39, 0.29) is 5.92 Å².